The number of hydrogen-bond donors (Lipinski definition) is 2. The van der Waals surface area contributed by atoms with Gasteiger partial charge in [0, 0.05) is 23.3 Å². The summed E-state index contributed by atoms with van der Waals surface area (Å²) in [5.41, 5.74) is -0.0790. The second-order valence-electron chi connectivity index (χ2n) is 4.04. The van der Waals surface area contributed by atoms with Crippen LogP contribution in [0.4, 0.5) is 0 Å². The fourth-order valence-corrected chi connectivity index (χ4v) is 2.11. The Bertz CT molecular complexity index is 340. The Morgan fingerprint density at radius 1 is 1.38 bits per heavy atom. The van der Waals surface area contributed by atoms with Crippen LogP contribution in [0.2, 0.25) is 0 Å². The zero-order chi connectivity index (χ0) is 12.2. The topological polar surface area (TPSA) is 53.4 Å². The maximum absolute atomic E-state index is 10.1. The summed E-state index contributed by atoms with van der Waals surface area (Å²) in [6, 6.07) is 1.90. The van der Waals surface area contributed by atoms with E-state index in [0.29, 0.717) is 19.3 Å². The molecule has 0 saturated carbocycles. The second kappa shape index (κ2) is 5.75. The summed E-state index contributed by atoms with van der Waals surface area (Å²) in [5.74, 6) is 0. The van der Waals surface area contributed by atoms with Gasteiger partial charge in [0.1, 0.15) is 0 Å². The Kier molecular flexibility index (Phi) is 4.89. The van der Waals surface area contributed by atoms with Crippen molar-refractivity contribution >= 4 is 15.9 Å². The van der Waals surface area contributed by atoms with Gasteiger partial charge in [-0.3, -0.25) is 4.98 Å². The number of pyridine rings is 1. The normalized spacial score (nSPS) is 13.8. The number of rotatable bonds is 5. The highest BCUT2D eigenvalue weighted by Crippen LogP contribution is 2.23. The zero-order valence-corrected chi connectivity index (χ0v) is 11.2. The van der Waals surface area contributed by atoms with Crippen LogP contribution in [0.3, 0.4) is 0 Å². The first-order valence-corrected chi connectivity index (χ1v) is 6.31. The number of aliphatic hydroxyl groups is 2. The van der Waals surface area contributed by atoms with Crippen molar-refractivity contribution in [3.63, 3.8) is 0 Å². The fourth-order valence-electron chi connectivity index (χ4n) is 1.70. The Morgan fingerprint density at radius 2 is 2.00 bits per heavy atom. The highest BCUT2D eigenvalue weighted by atomic mass is 79.9. The molecule has 1 aromatic heterocycles. The largest absolute Gasteiger partial charge is 0.390 e. The second-order valence-corrected chi connectivity index (χ2v) is 4.96. The molecule has 0 bridgehead atoms. The van der Waals surface area contributed by atoms with E-state index in [1.165, 1.54) is 0 Å². The van der Waals surface area contributed by atoms with Crippen molar-refractivity contribution in [2.24, 2.45) is 0 Å². The van der Waals surface area contributed by atoms with E-state index in [2.05, 4.69) is 20.9 Å². The van der Waals surface area contributed by atoms with E-state index in [0.717, 1.165) is 10.0 Å². The summed E-state index contributed by atoms with van der Waals surface area (Å²) in [6.45, 7) is 3.76. The van der Waals surface area contributed by atoms with Gasteiger partial charge in [-0.2, -0.15) is 0 Å². The van der Waals surface area contributed by atoms with Gasteiger partial charge in [-0.25, -0.2) is 0 Å². The van der Waals surface area contributed by atoms with E-state index in [4.69, 9.17) is 0 Å². The van der Waals surface area contributed by atoms with E-state index in [1.807, 2.05) is 19.9 Å². The molecule has 0 saturated heterocycles. The van der Waals surface area contributed by atoms with Crippen molar-refractivity contribution in [2.45, 2.75) is 44.8 Å². The van der Waals surface area contributed by atoms with Crippen LogP contribution < -0.4 is 0 Å². The number of aliphatic hydroxyl groups excluding tert-OH is 1. The van der Waals surface area contributed by atoms with E-state index in [9.17, 15) is 10.2 Å². The SMILES string of the molecule is CCC(O)(CC)C(O)Cc1cncc(Br)c1. The molecule has 1 aromatic rings. The van der Waals surface area contributed by atoms with Crippen LogP contribution in [0.1, 0.15) is 32.3 Å². The van der Waals surface area contributed by atoms with Gasteiger partial charge in [0.25, 0.3) is 0 Å². The van der Waals surface area contributed by atoms with Gasteiger partial charge in [-0.05, 0) is 40.4 Å². The lowest BCUT2D eigenvalue weighted by molar-refractivity contribution is -0.0790. The molecule has 90 valence electrons. The summed E-state index contributed by atoms with van der Waals surface area (Å²) < 4.78 is 0.883. The Morgan fingerprint density at radius 3 is 2.50 bits per heavy atom. The average molecular weight is 288 g/mol. The first-order chi connectivity index (χ1) is 7.51. The Balaban J connectivity index is 2.74. The lowest BCUT2D eigenvalue weighted by Crippen LogP contribution is -2.42. The number of halogens is 1. The molecule has 0 aromatic carbocycles. The molecular formula is C12H18BrNO2. The van der Waals surface area contributed by atoms with Crippen molar-refractivity contribution in [3.8, 4) is 0 Å². The first kappa shape index (κ1) is 13.6. The van der Waals surface area contributed by atoms with Crippen molar-refractivity contribution in [3.05, 3.63) is 28.5 Å². The van der Waals surface area contributed by atoms with Gasteiger partial charge in [0.15, 0.2) is 0 Å². The first-order valence-electron chi connectivity index (χ1n) is 5.51. The number of aromatic nitrogens is 1. The molecule has 1 rings (SSSR count). The maximum atomic E-state index is 10.1. The minimum Gasteiger partial charge on any atom is -0.390 e. The van der Waals surface area contributed by atoms with Gasteiger partial charge >= 0.3 is 0 Å². The molecule has 0 spiro atoms. The van der Waals surface area contributed by atoms with Gasteiger partial charge in [-0.1, -0.05) is 13.8 Å². The maximum Gasteiger partial charge on any atom is 0.0903 e. The molecule has 0 aliphatic rings. The fraction of sp³-hybridized carbons (Fsp3) is 0.583. The molecule has 0 radical (unpaired) electrons. The summed E-state index contributed by atoms with van der Waals surface area (Å²) >= 11 is 3.33. The Labute approximate surface area is 105 Å². The standard InChI is InChI=1S/C12H18BrNO2/c1-3-12(16,4-2)11(15)6-9-5-10(13)8-14-7-9/h5,7-8,11,15-16H,3-4,6H2,1-2H3. The van der Waals surface area contributed by atoms with Crippen LogP contribution in [0, 0.1) is 0 Å². The van der Waals surface area contributed by atoms with Crippen molar-refractivity contribution in [1.82, 2.24) is 4.98 Å². The predicted molar refractivity (Wildman–Crippen MR) is 67.2 cm³/mol. The summed E-state index contributed by atoms with van der Waals surface area (Å²) in [7, 11) is 0. The Hall–Kier alpha value is -0.450. The van der Waals surface area contributed by atoms with Crippen LogP contribution in [0.5, 0.6) is 0 Å². The number of nitrogens with zero attached hydrogens (tertiary/aromatic N) is 1. The van der Waals surface area contributed by atoms with Crippen LogP contribution in [0.25, 0.3) is 0 Å². The minimum absolute atomic E-state index is 0.421. The molecule has 2 N–H and O–H groups in total. The van der Waals surface area contributed by atoms with E-state index < -0.39 is 11.7 Å². The molecular weight excluding hydrogens is 270 g/mol. The molecule has 3 nitrogen and oxygen atoms in total. The highest BCUT2D eigenvalue weighted by molar-refractivity contribution is 9.10. The molecule has 0 aliphatic heterocycles. The summed E-state index contributed by atoms with van der Waals surface area (Å²) in [5, 5.41) is 20.2. The summed E-state index contributed by atoms with van der Waals surface area (Å²) in [6.07, 6.45) is 4.17. The number of hydrogen-bond acceptors (Lipinski definition) is 3. The minimum atomic E-state index is -0.998. The molecule has 4 heteroatoms. The third kappa shape index (κ3) is 3.27. The van der Waals surface area contributed by atoms with E-state index >= 15 is 0 Å². The lowest BCUT2D eigenvalue weighted by Gasteiger charge is -2.31. The monoisotopic (exact) mass is 287 g/mol. The molecule has 1 atom stereocenters. The van der Waals surface area contributed by atoms with Crippen LogP contribution >= 0.6 is 15.9 Å². The predicted octanol–water partition coefficient (Wildman–Crippen LogP) is 2.30. The van der Waals surface area contributed by atoms with Crippen molar-refractivity contribution in [1.29, 1.82) is 0 Å². The quantitative estimate of drug-likeness (QED) is 0.874. The third-order valence-electron chi connectivity index (χ3n) is 3.04. The zero-order valence-electron chi connectivity index (χ0n) is 9.65. The van der Waals surface area contributed by atoms with Gasteiger partial charge in [-0.15, -0.1) is 0 Å². The van der Waals surface area contributed by atoms with Crippen molar-refractivity contribution < 1.29 is 10.2 Å². The van der Waals surface area contributed by atoms with Crippen molar-refractivity contribution in [2.75, 3.05) is 0 Å². The molecule has 16 heavy (non-hydrogen) atoms. The molecule has 1 unspecified atom stereocenters. The molecule has 1 heterocycles. The van der Waals surface area contributed by atoms with Gasteiger partial charge in [0.05, 0.1) is 11.7 Å². The molecule has 0 aliphatic carbocycles. The smallest absolute Gasteiger partial charge is 0.0903 e. The average Bonchev–Trinajstić information content (AvgIpc) is 2.28. The molecule has 0 fully saturated rings. The highest BCUT2D eigenvalue weighted by Gasteiger charge is 2.31. The van der Waals surface area contributed by atoms with Crippen LogP contribution in [-0.4, -0.2) is 26.9 Å². The van der Waals surface area contributed by atoms with Gasteiger partial charge < -0.3 is 10.2 Å². The van der Waals surface area contributed by atoms with E-state index in [-0.39, 0.29) is 0 Å². The lowest BCUT2D eigenvalue weighted by atomic mass is 9.87. The summed E-state index contributed by atoms with van der Waals surface area (Å²) in [4.78, 5) is 4.03. The van der Waals surface area contributed by atoms with E-state index in [1.54, 1.807) is 12.4 Å². The third-order valence-corrected chi connectivity index (χ3v) is 3.47. The van der Waals surface area contributed by atoms with Crippen LogP contribution in [-0.2, 0) is 6.42 Å². The van der Waals surface area contributed by atoms with Crippen LogP contribution in [0.15, 0.2) is 22.9 Å². The van der Waals surface area contributed by atoms with Gasteiger partial charge in [0.2, 0.25) is 0 Å². The molecule has 0 amide bonds.